The van der Waals surface area contributed by atoms with Crippen molar-refractivity contribution in [2.45, 2.75) is 25.5 Å². The van der Waals surface area contributed by atoms with Gasteiger partial charge in [0, 0.05) is 4.75 Å². The maximum Gasteiger partial charge on any atom is 0.335 e. The summed E-state index contributed by atoms with van der Waals surface area (Å²) in [4.78, 5) is 22.6. The van der Waals surface area contributed by atoms with Crippen molar-refractivity contribution >= 4 is 40.9 Å². The average Bonchev–Trinajstić information content (AvgIpc) is 2.28. The SMILES string of the molecule is CC(C)(C)SCC(=O)Nc1cc(C(=O)O)ccc1Cl. The van der Waals surface area contributed by atoms with E-state index in [0.29, 0.717) is 10.7 Å². The normalized spacial score (nSPS) is 11.2. The molecule has 1 aromatic rings. The van der Waals surface area contributed by atoms with E-state index in [2.05, 4.69) is 5.32 Å². The predicted molar refractivity (Wildman–Crippen MR) is 79.3 cm³/mol. The van der Waals surface area contributed by atoms with E-state index in [4.69, 9.17) is 16.7 Å². The fourth-order valence-corrected chi connectivity index (χ4v) is 2.02. The van der Waals surface area contributed by atoms with Crippen LogP contribution in [0.1, 0.15) is 31.1 Å². The zero-order valence-corrected chi connectivity index (χ0v) is 12.6. The van der Waals surface area contributed by atoms with Gasteiger partial charge in [-0.3, -0.25) is 4.79 Å². The van der Waals surface area contributed by atoms with Crippen molar-refractivity contribution in [1.82, 2.24) is 0 Å². The van der Waals surface area contributed by atoms with Crippen molar-refractivity contribution in [1.29, 1.82) is 0 Å². The number of benzene rings is 1. The Balaban J connectivity index is 2.73. The molecule has 19 heavy (non-hydrogen) atoms. The Hall–Kier alpha value is -1.20. The van der Waals surface area contributed by atoms with Gasteiger partial charge in [-0.15, -0.1) is 11.8 Å². The first-order valence-corrected chi connectivity index (χ1v) is 7.02. The van der Waals surface area contributed by atoms with Gasteiger partial charge in [0.15, 0.2) is 0 Å². The molecule has 0 aromatic heterocycles. The molecule has 0 saturated heterocycles. The highest BCUT2D eigenvalue weighted by molar-refractivity contribution is 8.01. The zero-order chi connectivity index (χ0) is 14.6. The molecule has 0 atom stereocenters. The van der Waals surface area contributed by atoms with Crippen LogP contribution in [0.5, 0.6) is 0 Å². The number of amides is 1. The molecule has 0 aliphatic rings. The van der Waals surface area contributed by atoms with Crippen LogP contribution < -0.4 is 5.32 Å². The number of carbonyl (C=O) groups is 2. The Morgan fingerprint density at radius 2 is 2.00 bits per heavy atom. The van der Waals surface area contributed by atoms with Gasteiger partial charge in [0.25, 0.3) is 0 Å². The molecule has 1 rings (SSSR count). The summed E-state index contributed by atoms with van der Waals surface area (Å²) in [7, 11) is 0. The third-order valence-corrected chi connectivity index (χ3v) is 3.73. The van der Waals surface area contributed by atoms with E-state index in [1.54, 1.807) is 0 Å². The molecular weight excluding hydrogens is 286 g/mol. The first-order valence-electron chi connectivity index (χ1n) is 5.66. The van der Waals surface area contributed by atoms with Gasteiger partial charge < -0.3 is 10.4 Å². The summed E-state index contributed by atoms with van der Waals surface area (Å²) in [6, 6.07) is 4.20. The lowest BCUT2D eigenvalue weighted by molar-refractivity contribution is -0.113. The van der Waals surface area contributed by atoms with Gasteiger partial charge in [0.2, 0.25) is 5.91 Å². The lowest BCUT2D eigenvalue weighted by Gasteiger charge is -2.17. The minimum Gasteiger partial charge on any atom is -0.478 e. The minimum atomic E-state index is -1.06. The lowest BCUT2D eigenvalue weighted by Crippen LogP contribution is -2.19. The number of carboxylic acid groups (broad SMARTS) is 1. The fourth-order valence-electron chi connectivity index (χ4n) is 1.22. The second-order valence-corrected chi connectivity index (χ2v) is 7.16. The molecule has 2 N–H and O–H groups in total. The van der Waals surface area contributed by atoms with Crippen LogP contribution in [0.3, 0.4) is 0 Å². The lowest BCUT2D eigenvalue weighted by atomic mass is 10.2. The predicted octanol–water partition coefficient (Wildman–Crippen LogP) is 3.51. The highest BCUT2D eigenvalue weighted by atomic mass is 35.5. The Morgan fingerprint density at radius 3 is 2.53 bits per heavy atom. The second-order valence-electron chi connectivity index (χ2n) is 4.95. The summed E-state index contributed by atoms with van der Waals surface area (Å²) in [5.41, 5.74) is 0.407. The summed E-state index contributed by atoms with van der Waals surface area (Å²) in [6.07, 6.45) is 0. The van der Waals surface area contributed by atoms with Crippen LogP contribution in [-0.2, 0) is 4.79 Å². The number of thioether (sulfide) groups is 1. The molecule has 0 spiro atoms. The van der Waals surface area contributed by atoms with Crippen LogP contribution in [0.15, 0.2) is 18.2 Å². The zero-order valence-electron chi connectivity index (χ0n) is 11.0. The van der Waals surface area contributed by atoms with Gasteiger partial charge in [0.05, 0.1) is 22.0 Å². The smallest absolute Gasteiger partial charge is 0.335 e. The number of hydrogen-bond acceptors (Lipinski definition) is 3. The van der Waals surface area contributed by atoms with E-state index in [1.807, 2.05) is 20.8 Å². The van der Waals surface area contributed by atoms with E-state index in [1.165, 1.54) is 30.0 Å². The summed E-state index contributed by atoms with van der Waals surface area (Å²) in [5, 5.41) is 11.8. The second kappa shape index (κ2) is 6.30. The Kier molecular flexibility index (Phi) is 5.26. The minimum absolute atomic E-state index is 0.00987. The number of nitrogens with one attached hydrogen (secondary N) is 1. The molecule has 6 heteroatoms. The van der Waals surface area contributed by atoms with E-state index in [0.717, 1.165) is 0 Å². The number of carbonyl (C=O) groups excluding carboxylic acids is 1. The van der Waals surface area contributed by atoms with Gasteiger partial charge in [-0.25, -0.2) is 4.79 Å². The van der Waals surface area contributed by atoms with Gasteiger partial charge in [0.1, 0.15) is 0 Å². The number of halogens is 1. The average molecular weight is 302 g/mol. The van der Waals surface area contributed by atoms with Gasteiger partial charge in [-0.05, 0) is 18.2 Å². The molecule has 1 amide bonds. The topological polar surface area (TPSA) is 66.4 Å². The molecule has 104 valence electrons. The third kappa shape index (κ3) is 5.53. The van der Waals surface area contributed by atoms with Gasteiger partial charge in [-0.1, -0.05) is 32.4 Å². The van der Waals surface area contributed by atoms with Crippen LogP contribution in [0.4, 0.5) is 5.69 Å². The molecule has 0 unspecified atom stereocenters. The maximum absolute atomic E-state index is 11.8. The van der Waals surface area contributed by atoms with Crippen molar-refractivity contribution < 1.29 is 14.7 Å². The molecule has 0 aliphatic heterocycles. The van der Waals surface area contributed by atoms with Crippen molar-refractivity contribution in [3.05, 3.63) is 28.8 Å². The Labute approximate surface area is 121 Å². The summed E-state index contributed by atoms with van der Waals surface area (Å²) < 4.78 is -0.00987. The van der Waals surface area contributed by atoms with Crippen molar-refractivity contribution in [3.63, 3.8) is 0 Å². The monoisotopic (exact) mass is 301 g/mol. The van der Waals surface area contributed by atoms with Crippen LogP contribution >= 0.6 is 23.4 Å². The summed E-state index contributed by atoms with van der Waals surface area (Å²) >= 11 is 7.43. The Bertz CT molecular complexity index is 497. The van der Waals surface area contributed by atoms with Crippen LogP contribution in [0, 0.1) is 0 Å². The van der Waals surface area contributed by atoms with Crippen molar-refractivity contribution in [3.8, 4) is 0 Å². The molecule has 0 heterocycles. The van der Waals surface area contributed by atoms with Crippen molar-refractivity contribution in [2.24, 2.45) is 0 Å². The molecular formula is C13H16ClNO3S. The van der Waals surface area contributed by atoms with Gasteiger partial charge in [-0.2, -0.15) is 0 Å². The molecule has 0 fully saturated rings. The molecule has 1 aromatic carbocycles. The molecule has 0 radical (unpaired) electrons. The summed E-state index contributed by atoms with van der Waals surface area (Å²) in [5.74, 6) is -0.975. The van der Waals surface area contributed by atoms with E-state index < -0.39 is 5.97 Å². The van der Waals surface area contributed by atoms with Crippen LogP contribution in [0.2, 0.25) is 5.02 Å². The van der Waals surface area contributed by atoms with E-state index >= 15 is 0 Å². The summed E-state index contributed by atoms with van der Waals surface area (Å²) in [6.45, 7) is 6.05. The third-order valence-electron chi connectivity index (χ3n) is 2.12. The largest absolute Gasteiger partial charge is 0.478 e. The van der Waals surface area contributed by atoms with Crippen LogP contribution in [-0.4, -0.2) is 27.5 Å². The molecule has 0 aliphatic carbocycles. The number of rotatable bonds is 4. The maximum atomic E-state index is 11.8. The number of carboxylic acids is 1. The van der Waals surface area contributed by atoms with E-state index in [9.17, 15) is 9.59 Å². The van der Waals surface area contributed by atoms with Gasteiger partial charge >= 0.3 is 5.97 Å². The molecule has 0 bridgehead atoms. The fraction of sp³-hybridized carbons (Fsp3) is 0.385. The number of hydrogen-bond donors (Lipinski definition) is 2. The van der Waals surface area contributed by atoms with Crippen LogP contribution in [0.25, 0.3) is 0 Å². The first-order chi connectivity index (χ1) is 8.69. The number of aromatic carboxylic acids is 1. The van der Waals surface area contributed by atoms with E-state index in [-0.39, 0.29) is 22.0 Å². The van der Waals surface area contributed by atoms with Crippen molar-refractivity contribution in [2.75, 3.05) is 11.1 Å². The standard InChI is InChI=1S/C13H16ClNO3S/c1-13(2,3)19-7-11(16)15-10-6-8(12(17)18)4-5-9(10)14/h4-6H,7H2,1-3H3,(H,15,16)(H,17,18). The first kappa shape index (κ1) is 15.9. The molecule has 4 nitrogen and oxygen atoms in total. The Morgan fingerprint density at radius 1 is 1.37 bits per heavy atom. The quantitative estimate of drug-likeness (QED) is 0.893. The molecule has 0 saturated carbocycles. The highest BCUT2D eigenvalue weighted by Crippen LogP contribution is 2.25. The number of anilines is 1. The highest BCUT2D eigenvalue weighted by Gasteiger charge is 2.15.